The van der Waals surface area contributed by atoms with Crippen LogP contribution in [-0.2, 0) is 9.59 Å². The summed E-state index contributed by atoms with van der Waals surface area (Å²) in [5.41, 5.74) is -0.305. The first kappa shape index (κ1) is 21.2. The van der Waals surface area contributed by atoms with E-state index in [1.54, 1.807) is 4.90 Å². The third-order valence-corrected chi connectivity index (χ3v) is 5.69. The fourth-order valence-electron chi connectivity index (χ4n) is 3.96. The highest BCUT2D eigenvalue weighted by atomic mass is 19.1. The number of hydrogen-bond acceptors (Lipinski definition) is 3. The Bertz CT molecular complexity index is 756. The molecule has 0 unspecified atom stereocenters. The van der Waals surface area contributed by atoms with Crippen molar-refractivity contribution < 1.29 is 23.2 Å². The lowest BCUT2D eigenvalue weighted by Crippen LogP contribution is -2.47. The van der Waals surface area contributed by atoms with Gasteiger partial charge in [0, 0.05) is 38.2 Å². The molecular weight excluding hydrogens is 380 g/mol. The van der Waals surface area contributed by atoms with Crippen LogP contribution in [0.4, 0.5) is 8.78 Å². The third-order valence-electron chi connectivity index (χ3n) is 5.69. The number of nitrogens with one attached hydrogen (secondary N) is 1. The lowest BCUT2D eigenvalue weighted by Gasteiger charge is -2.34. The second-order valence-electron chi connectivity index (χ2n) is 7.70. The summed E-state index contributed by atoms with van der Waals surface area (Å²) in [6, 6.07) is 2.67. The first-order valence-corrected chi connectivity index (χ1v) is 10.3. The van der Waals surface area contributed by atoms with Crippen molar-refractivity contribution in [3.63, 3.8) is 0 Å². The van der Waals surface area contributed by atoms with Crippen molar-refractivity contribution in [1.29, 1.82) is 0 Å². The molecule has 0 radical (unpaired) electrons. The zero-order valence-corrected chi connectivity index (χ0v) is 16.5. The minimum absolute atomic E-state index is 0.0555. The molecule has 3 rings (SSSR count). The molecular formula is C21H27F2N3O3. The number of halogens is 2. The van der Waals surface area contributed by atoms with Crippen molar-refractivity contribution in [3.8, 4) is 0 Å². The Labute approximate surface area is 169 Å². The standard InChI is InChI=1S/C21H27F2N3O3/c22-16-5-6-17(18(23)13-16)20(28)24-14-19(27)25-11-7-15(8-12-25)21(29)26-9-3-1-2-4-10-26/h5-6,13,15H,1-4,7-12,14H2,(H,24,28). The van der Waals surface area contributed by atoms with Crippen LogP contribution in [-0.4, -0.2) is 60.2 Å². The summed E-state index contributed by atoms with van der Waals surface area (Å²) in [6.07, 6.45) is 5.67. The predicted molar refractivity (Wildman–Crippen MR) is 103 cm³/mol. The number of hydrogen-bond donors (Lipinski definition) is 1. The first-order valence-electron chi connectivity index (χ1n) is 10.3. The monoisotopic (exact) mass is 407 g/mol. The Morgan fingerprint density at radius 1 is 0.931 bits per heavy atom. The van der Waals surface area contributed by atoms with E-state index >= 15 is 0 Å². The highest BCUT2D eigenvalue weighted by Crippen LogP contribution is 2.22. The van der Waals surface area contributed by atoms with Gasteiger partial charge >= 0.3 is 0 Å². The molecule has 158 valence electrons. The second kappa shape index (κ2) is 9.80. The van der Waals surface area contributed by atoms with Crippen molar-refractivity contribution in [2.75, 3.05) is 32.7 Å². The summed E-state index contributed by atoms with van der Waals surface area (Å²) >= 11 is 0. The average molecular weight is 407 g/mol. The van der Waals surface area contributed by atoms with Gasteiger partial charge in [-0.05, 0) is 37.8 Å². The topological polar surface area (TPSA) is 69.7 Å². The Hall–Kier alpha value is -2.51. The van der Waals surface area contributed by atoms with Gasteiger partial charge in [-0.1, -0.05) is 12.8 Å². The van der Waals surface area contributed by atoms with Crippen molar-refractivity contribution in [2.24, 2.45) is 5.92 Å². The van der Waals surface area contributed by atoms with Crippen LogP contribution in [0.5, 0.6) is 0 Å². The zero-order valence-electron chi connectivity index (χ0n) is 16.5. The minimum Gasteiger partial charge on any atom is -0.343 e. The molecule has 0 aliphatic carbocycles. The molecule has 8 heteroatoms. The van der Waals surface area contributed by atoms with Gasteiger partial charge in [0.05, 0.1) is 12.1 Å². The molecule has 1 aromatic rings. The number of piperidine rings is 1. The number of rotatable bonds is 4. The van der Waals surface area contributed by atoms with E-state index in [4.69, 9.17) is 0 Å². The van der Waals surface area contributed by atoms with Crippen molar-refractivity contribution >= 4 is 17.7 Å². The van der Waals surface area contributed by atoms with Crippen LogP contribution in [0.15, 0.2) is 18.2 Å². The predicted octanol–water partition coefficient (Wildman–Crippen LogP) is 2.34. The van der Waals surface area contributed by atoms with Gasteiger partial charge in [0.15, 0.2) is 0 Å². The molecule has 2 aliphatic rings. The fourth-order valence-corrected chi connectivity index (χ4v) is 3.96. The lowest BCUT2D eigenvalue weighted by atomic mass is 9.95. The third kappa shape index (κ3) is 5.52. The van der Waals surface area contributed by atoms with Gasteiger partial charge in [0.1, 0.15) is 11.6 Å². The normalized spacial score (nSPS) is 18.3. The fraction of sp³-hybridized carbons (Fsp3) is 0.571. The van der Waals surface area contributed by atoms with Gasteiger partial charge in [-0.25, -0.2) is 8.78 Å². The van der Waals surface area contributed by atoms with Crippen LogP contribution in [0.25, 0.3) is 0 Å². The number of likely N-dealkylation sites (tertiary alicyclic amines) is 2. The summed E-state index contributed by atoms with van der Waals surface area (Å²) in [4.78, 5) is 40.7. The van der Waals surface area contributed by atoms with E-state index in [9.17, 15) is 23.2 Å². The largest absolute Gasteiger partial charge is 0.343 e. The SMILES string of the molecule is O=C(NCC(=O)N1CCC(C(=O)N2CCCCCC2)CC1)c1ccc(F)cc1F. The number of carbonyl (C=O) groups is 3. The number of benzene rings is 1. The van der Waals surface area contributed by atoms with E-state index in [2.05, 4.69) is 5.32 Å². The quantitative estimate of drug-likeness (QED) is 0.833. The summed E-state index contributed by atoms with van der Waals surface area (Å²) in [5, 5.41) is 2.38. The molecule has 0 aromatic heterocycles. The van der Waals surface area contributed by atoms with E-state index in [0.717, 1.165) is 38.1 Å². The van der Waals surface area contributed by atoms with Gasteiger partial charge in [-0.2, -0.15) is 0 Å². The summed E-state index contributed by atoms with van der Waals surface area (Å²) in [7, 11) is 0. The maximum absolute atomic E-state index is 13.6. The van der Waals surface area contributed by atoms with E-state index in [1.165, 1.54) is 12.8 Å². The molecule has 6 nitrogen and oxygen atoms in total. The van der Waals surface area contributed by atoms with Crippen molar-refractivity contribution in [3.05, 3.63) is 35.4 Å². The highest BCUT2D eigenvalue weighted by molar-refractivity contribution is 5.96. The number of amides is 3. The van der Waals surface area contributed by atoms with Crippen molar-refractivity contribution in [2.45, 2.75) is 38.5 Å². The smallest absolute Gasteiger partial charge is 0.254 e. The molecule has 1 aromatic carbocycles. The zero-order chi connectivity index (χ0) is 20.8. The maximum atomic E-state index is 13.6. The van der Waals surface area contributed by atoms with E-state index < -0.39 is 17.5 Å². The number of nitrogens with zero attached hydrogens (tertiary/aromatic N) is 2. The van der Waals surface area contributed by atoms with Gasteiger partial charge in [-0.15, -0.1) is 0 Å². The van der Waals surface area contributed by atoms with Gasteiger partial charge in [0.25, 0.3) is 5.91 Å². The maximum Gasteiger partial charge on any atom is 0.254 e. The Morgan fingerprint density at radius 3 is 2.21 bits per heavy atom. The molecule has 0 saturated carbocycles. The summed E-state index contributed by atoms with van der Waals surface area (Å²) in [5.74, 6) is -2.64. The molecule has 0 atom stereocenters. The molecule has 3 amide bonds. The van der Waals surface area contributed by atoms with E-state index in [-0.39, 0.29) is 29.8 Å². The Morgan fingerprint density at radius 2 is 1.59 bits per heavy atom. The molecule has 2 aliphatic heterocycles. The molecule has 0 spiro atoms. The second-order valence-corrected chi connectivity index (χ2v) is 7.70. The molecule has 2 saturated heterocycles. The van der Waals surface area contributed by atoms with Crippen molar-refractivity contribution in [1.82, 2.24) is 15.1 Å². The van der Waals surface area contributed by atoms with Crippen LogP contribution in [0.2, 0.25) is 0 Å². The summed E-state index contributed by atoms with van der Waals surface area (Å²) < 4.78 is 26.6. The van der Waals surface area contributed by atoms with Crippen LogP contribution in [0, 0.1) is 17.6 Å². The van der Waals surface area contributed by atoms with E-state index in [0.29, 0.717) is 32.0 Å². The van der Waals surface area contributed by atoms with E-state index in [1.807, 2.05) is 4.90 Å². The molecule has 2 heterocycles. The lowest BCUT2D eigenvalue weighted by molar-refractivity contribution is -0.140. The Balaban J connectivity index is 1.45. The van der Waals surface area contributed by atoms with Gasteiger partial charge in [0.2, 0.25) is 11.8 Å². The molecule has 29 heavy (non-hydrogen) atoms. The van der Waals surface area contributed by atoms with Gasteiger partial charge < -0.3 is 15.1 Å². The molecule has 2 fully saturated rings. The molecule has 0 bridgehead atoms. The molecule has 1 N–H and O–H groups in total. The first-order chi connectivity index (χ1) is 14.0. The highest BCUT2D eigenvalue weighted by Gasteiger charge is 2.30. The summed E-state index contributed by atoms with van der Waals surface area (Å²) in [6.45, 7) is 2.31. The van der Waals surface area contributed by atoms with Crippen LogP contribution >= 0.6 is 0 Å². The van der Waals surface area contributed by atoms with Crippen LogP contribution in [0.1, 0.15) is 48.9 Å². The van der Waals surface area contributed by atoms with Gasteiger partial charge in [-0.3, -0.25) is 14.4 Å². The number of carbonyl (C=O) groups excluding carboxylic acids is 3. The average Bonchev–Trinajstić information content (AvgIpc) is 3.01. The Kier molecular flexibility index (Phi) is 7.17. The van der Waals surface area contributed by atoms with Crippen LogP contribution < -0.4 is 5.32 Å². The minimum atomic E-state index is -0.970. The van der Waals surface area contributed by atoms with Crippen LogP contribution in [0.3, 0.4) is 0 Å².